The number of hydrogen-bond donors (Lipinski definition) is 0. The van der Waals surface area contributed by atoms with E-state index in [9.17, 15) is 4.79 Å². The zero-order valence-electron chi connectivity index (χ0n) is 23.6. The minimum Gasteiger partial charge on any atom is -0.423 e. The quantitative estimate of drug-likeness (QED) is 0.158. The lowest BCUT2D eigenvalue weighted by Gasteiger charge is -2.29. The minimum absolute atomic E-state index is 0.191. The van der Waals surface area contributed by atoms with Gasteiger partial charge in [-0.15, -0.1) is 0 Å². The first kappa shape index (κ1) is 29.3. The Morgan fingerprint density at radius 3 is 1.95 bits per heavy atom. The van der Waals surface area contributed by atoms with Gasteiger partial charge in [-0.1, -0.05) is 115 Å². The van der Waals surface area contributed by atoms with Crippen LogP contribution in [0.4, 0.5) is 0 Å². The summed E-state index contributed by atoms with van der Waals surface area (Å²) >= 11 is 0. The van der Waals surface area contributed by atoms with Gasteiger partial charge in [0, 0.05) is 12.0 Å². The number of benzene rings is 1. The van der Waals surface area contributed by atoms with Gasteiger partial charge in [-0.3, -0.25) is 4.79 Å². The molecule has 4 heteroatoms. The van der Waals surface area contributed by atoms with Crippen LogP contribution in [0.2, 0.25) is 0 Å². The third-order valence-corrected chi connectivity index (χ3v) is 8.05. The topological polar surface area (TPSA) is 52.1 Å². The Kier molecular flexibility index (Phi) is 13.7. The fourth-order valence-electron chi connectivity index (χ4n) is 5.65. The van der Waals surface area contributed by atoms with Gasteiger partial charge in [-0.05, 0) is 49.5 Å². The average molecular weight is 507 g/mol. The smallest absolute Gasteiger partial charge is 0.311 e. The molecule has 0 N–H and O–H groups in total. The van der Waals surface area contributed by atoms with E-state index in [0.29, 0.717) is 23.9 Å². The van der Waals surface area contributed by atoms with Crippen LogP contribution in [0.25, 0.3) is 11.4 Å². The molecular formula is C33H50N2O2. The van der Waals surface area contributed by atoms with E-state index in [-0.39, 0.29) is 5.97 Å². The first-order valence-corrected chi connectivity index (χ1v) is 15.3. The second-order valence-corrected chi connectivity index (χ2v) is 11.1. The number of rotatable bonds is 17. The molecule has 0 atom stereocenters. The molecule has 4 nitrogen and oxygen atoms in total. The van der Waals surface area contributed by atoms with Crippen LogP contribution in [0.15, 0.2) is 36.7 Å². The van der Waals surface area contributed by atoms with Crippen LogP contribution in [-0.4, -0.2) is 15.9 Å². The number of esters is 1. The van der Waals surface area contributed by atoms with E-state index in [1.807, 2.05) is 0 Å². The zero-order valence-corrected chi connectivity index (χ0v) is 23.6. The van der Waals surface area contributed by atoms with Crippen LogP contribution in [0.1, 0.15) is 141 Å². The second kappa shape index (κ2) is 17.3. The molecule has 0 aliphatic heterocycles. The van der Waals surface area contributed by atoms with Gasteiger partial charge in [0.05, 0.1) is 12.4 Å². The SMILES string of the molecule is CCCCCCCCCCCC(=O)Oc1cnc(-c2ccc(C3CCC(CCCCC)CC3)cc2)nc1. The fourth-order valence-corrected chi connectivity index (χ4v) is 5.65. The molecule has 2 aromatic rings. The summed E-state index contributed by atoms with van der Waals surface area (Å²) in [5.74, 6) is 2.53. The van der Waals surface area contributed by atoms with Gasteiger partial charge in [0.25, 0.3) is 0 Å². The van der Waals surface area contributed by atoms with Gasteiger partial charge in [0.1, 0.15) is 0 Å². The highest BCUT2D eigenvalue weighted by Gasteiger charge is 2.22. The predicted molar refractivity (Wildman–Crippen MR) is 154 cm³/mol. The third kappa shape index (κ3) is 11.0. The average Bonchev–Trinajstić information content (AvgIpc) is 2.93. The van der Waals surface area contributed by atoms with Gasteiger partial charge in [-0.2, -0.15) is 0 Å². The van der Waals surface area contributed by atoms with Crippen molar-refractivity contribution in [3.8, 4) is 17.1 Å². The first-order valence-electron chi connectivity index (χ1n) is 15.3. The lowest BCUT2D eigenvalue weighted by molar-refractivity contribution is -0.134. The van der Waals surface area contributed by atoms with Crippen LogP contribution in [0.5, 0.6) is 5.75 Å². The summed E-state index contributed by atoms with van der Waals surface area (Å²) in [4.78, 5) is 21.1. The van der Waals surface area contributed by atoms with Crippen molar-refractivity contribution < 1.29 is 9.53 Å². The third-order valence-electron chi connectivity index (χ3n) is 8.05. The van der Waals surface area contributed by atoms with Crippen molar-refractivity contribution in [2.45, 2.75) is 135 Å². The number of ether oxygens (including phenoxy) is 1. The van der Waals surface area contributed by atoms with Crippen molar-refractivity contribution in [3.05, 3.63) is 42.2 Å². The lowest BCUT2D eigenvalue weighted by atomic mass is 9.77. The van der Waals surface area contributed by atoms with Crippen molar-refractivity contribution in [3.63, 3.8) is 0 Å². The van der Waals surface area contributed by atoms with Gasteiger partial charge in [0.15, 0.2) is 11.6 Å². The molecule has 1 aromatic carbocycles. The van der Waals surface area contributed by atoms with Crippen molar-refractivity contribution in [2.24, 2.45) is 5.92 Å². The van der Waals surface area contributed by atoms with Crippen LogP contribution in [0, 0.1) is 5.92 Å². The summed E-state index contributed by atoms with van der Waals surface area (Å²) in [6.45, 7) is 4.53. The Morgan fingerprint density at radius 1 is 0.757 bits per heavy atom. The van der Waals surface area contributed by atoms with Gasteiger partial charge in [0.2, 0.25) is 0 Å². The molecule has 0 spiro atoms. The summed E-state index contributed by atoms with van der Waals surface area (Å²) in [5.41, 5.74) is 2.45. The highest BCUT2D eigenvalue weighted by molar-refractivity contribution is 5.72. The molecule has 1 aliphatic rings. The monoisotopic (exact) mass is 506 g/mol. The molecule has 3 rings (SSSR count). The van der Waals surface area contributed by atoms with Crippen molar-refractivity contribution in [2.75, 3.05) is 0 Å². The summed E-state index contributed by atoms with van der Waals surface area (Å²) in [5, 5.41) is 0. The van der Waals surface area contributed by atoms with Crippen molar-refractivity contribution >= 4 is 5.97 Å². The number of nitrogens with zero attached hydrogens (tertiary/aromatic N) is 2. The van der Waals surface area contributed by atoms with E-state index in [1.54, 1.807) is 12.4 Å². The molecular weight excluding hydrogens is 456 g/mol. The standard InChI is InChI=1S/C33H50N2O2/c1-3-5-7-8-9-10-11-12-14-16-32(36)37-31-25-34-33(35-26-31)30-23-21-29(22-24-30)28-19-17-27(18-20-28)15-13-6-4-2/h21-28H,3-20H2,1-2H3. The zero-order chi connectivity index (χ0) is 26.1. The molecule has 1 aromatic heterocycles. The molecule has 0 radical (unpaired) electrons. The highest BCUT2D eigenvalue weighted by atomic mass is 16.5. The van der Waals surface area contributed by atoms with Gasteiger partial charge >= 0.3 is 5.97 Å². The maximum Gasteiger partial charge on any atom is 0.311 e. The maximum atomic E-state index is 12.2. The van der Waals surface area contributed by atoms with Crippen LogP contribution >= 0.6 is 0 Å². The van der Waals surface area contributed by atoms with Gasteiger partial charge in [-0.25, -0.2) is 9.97 Å². The molecule has 0 amide bonds. The molecule has 0 saturated heterocycles. The lowest BCUT2D eigenvalue weighted by Crippen LogP contribution is -2.13. The summed E-state index contributed by atoms with van der Waals surface area (Å²) in [7, 11) is 0. The van der Waals surface area contributed by atoms with Crippen LogP contribution < -0.4 is 4.74 Å². The summed E-state index contributed by atoms with van der Waals surface area (Å²) in [6, 6.07) is 8.76. The molecule has 1 heterocycles. The minimum atomic E-state index is -0.191. The van der Waals surface area contributed by atoms with E-state index in [4.69, 9.17) is 4.74 Å². The molecule has 204 valence electrons. The second-order valence-electron chi connectivity index (χ2n) is 11.1. The Morgan fingerprint density at radius 2 is 1.32 bits per heavy atom. The molecule has 37 heavy (non-hydrogen) atoms. The predicted octanol–water partition coefficient (Wildman–Crippen LogP) is 9.82. The van der Waals surface area contributed by atoms with Crippen molar-refractivity contribution in [1.82, 2.24) is 9.97 Å². The van der Waals surface area contributed by atoms with E-state index in [0.717, 1.165) is 24.3 Å². The van der Waals surface area contributed by atoms with Crippen LogP contribution in [0.3, 0.4) is 0 Å². The normalized spacial score (nSPS) is 17.6. The maximum absolute atomic E-state index is 12.2. The molecule has 1 aliphatic carbocycles. The largest absolute Gasteiger partial charge is 0.423 e. The van der Waals surface area contributed by atoms with Crippen LogP contribution in [-0.2, 0) is 4.79 Å². The number of unbranched alkanes of at least 4 members (excludes halogenated alkanes) is 10. The summed E-state index contributed by atoms with van der Waals surface area (Å²) < 4.78 is 5.45. The fraction of sp³-hybridized carbons (Fsp3) is 0.667. The number of aromatic nitrogens is 2. The summed E-state index contributed by atoms with van der Waals surface area (Å²) in [6.07, 6.45) is 25.7. The molecule has 0 bridgehead atoms. The Balaban J connectivity index is 1.35. The highest BCUT2D eigenvalue weighted by Crippen LogP contribution is 2.38. The van der Waals surface area contributed by atoms with Crippen molar-refractivity contribution in [1.29, 1.82) is 0 Å². The number of carbonyl (C=O) groups excluding carboxylic acids is 1. The van der Waals surface area contributed by atoms with E-state index in [2.05, 4.69) is 48.1 Å². The molecule has 1 saturated carbocycles. The Labute approximate surface area is 226 Å². The number of hydrogen-bond acceptors (Lipinski definition) is 4. The number of carbonyl (C=O) groups is 1. The van der Waals surface area contributed by atoms with E-state index in [1.165, 1.54) is 102 Å². The Hall–Kier alpha value is -2.23. The Bertz CT molecular complexity index is 870. The molecule has 1 fully saturated rings. The van der Waals surface area contributed by atoms with Gasteiger partial charge < -0.3 is 4.74 Å². The molecule has 0 unspecified atom stereocenters. The van der Waals surface area contributed by atoms with E-state index >= 15 is 0 Å². The van der Waals surface area contributed by atoms with E-state index < -0.39 is 0 Å². The first-order chi connectivity index (χ1) is 18.2.